The normalized spacial score (nSPS) is 12.2. The molecule has 0 saturated carbocycles. The van der Waals surface area contributed by atoms with E-state index in [1.807, 2.05) is 78.2 Å². The second-order valence-corrected chi connectivity index (χ2v) is 6.29. The average Bonchev–Trinajstić information content (AvgIpc) is 3.08. The highest BCUT2D eigenvalue weighted by molar-refractivity contribution is 7.09. The molecular formula is C20H18N2OS. The largest absolute Gasteiger partial charge is 0.343 e. The lowest BCUT2D eigenvalue weighted by molar-refractivity contribution is -0.119. The number of rotatable bonds is 5. The summed E-state index contributed by atoms with van der Waals surface area (Å²) in [7, 11) is 0. The van der Waals surface area contributed by atoms with E-state index in [0.29, 0.717) is 0 Å². The average molecular weight is 334 g/mol. The Hall–Kier alpha value is -2.72. The van der Waals surface area contributed by atoms with Gasteiger partial charge in [-0.05, 0) is 17.2 Å². The Labute approximate surface area is 145 Å². The van der Waals surface area contributed by atoms with Gasteiger partial charge in [-0.25, -0.2) is 4.98 Å². The molecule has 1 aromatic heterocycles. The lowest BCUT2D eigenvalue weighted by Crippen LogP contribution is -2.26. The van der Waals surface area contributed by atoms with Gasteiger partial charge in [-0.3, -0.25) is 4.79 Å². The van der Waals surface area contributed by atoms with E-state index in [-0.39, 0.29) is 11.9 Å². The van der Waals surface area contributed by atoms with Crippen molar-refractivity contribution >= 4 is 29.4 Å². The molecular weight excluding hydrogens is 316 g/mol. The third kappa shape index (κ3) is 4.18. The summed E-state index contributed by atoms with van der Waals surface area (Å²) >= 11 is 1.55. The fourth-order valence-electron chi connectivity index (χ4n) is 2.39. The first-order valence-electron chi connectivity index (χ1n) is 7.73. The monoisotopic (exact) mass is 334 g/mol. The molecule has 3 aromatic rings. The molecule has 1 atom stereocenters. The molecule has 0 radical (unpaired) electrons. The molecule has 0 saturated heterocycles. The highest BCUT2D eigenvalue weighted by Gasteiger charge is 2.18. The van der Waals surface area contributed by atoms with E-state index in [2.05, 4.69) is 10.3 Å². The van der Waals surface area contributed by atoms with Crippen molar-refractivity contribution in [2.75, 3.05) is 0 Å². The van der Waals surface area contributed by atoms with E-state index < -0.39 is 0 Å². The predicted molar refractivity (Wildman–Crippen MR) is 99.6 cm³/mol. The minimum atomic E-state index is -0.215. The Morgan fingerprint density at radius 2 is 1.71 bits per heavy atom. The minimum Gasteiger partial charge on any atom is -0.343 e. The first-order valence-corrected chi connectivity index (χ1v) is 8.61. The Kier molecular flexibility index (Phi) is 5.18. The van der Waals surface area contributed by atoms with Crippen LogP contribution in [0.1, 0.15) is 34.8 Å². The summed E-state index contributed by atoms with van der Waals surface area (Å²) in [6, 6.07) is 19.8. The van der Waals surface area contributed by atoms with Crippen LogP contribution >= 0.6 is 11.3 Å². The number of benzene rings is 2. The van der Waals surface area contributed by atoms with Crippen LogP contribution < -0.4 is 5.32 Å². The third-order valence-electron chi connectivity index (χ3n) is 3.51. The molecule has 0 fully saturated rings. The Morgan fingerprint density at radius 1 is 1.04 bits per heavy atom. The summed E-state index contributed by atoms with van der Waals surface area (Å²) in [6.45, 7) is 1.53. The molecule has 4 heteroatoms. The van der Waals surface area contributed by atoms with Gasteiger partial charge in [0.05, 0.1) is 5.69 Å². The van der Waals surface area contributed by atoms with Gasteiger partial charge < -0.3 is 5.32 Å². The van der Waals surface area contributed by atoms with Crippen molar-refractivity contribution in [1.29, 1.82) is 0 Å². The number of hydrogen-bond acceptors (Lipinski definition) is 3. The number of amides is 1. The zero-order valence-electron chi connectivity index (χ0n) is 13.3. The van der Waals surface area contributed by atoms with Gasteiger partial charge in [0.25, 0.3) is 0 Å². The Morgan fingerprint density at radius 3 is 2.38 bits per heavy atom. The summed E-state index contributed by atoms with van der Waals surface area (Å²) in [4.78, 5) is 16.2. The van der Waals surface area contributed by atoms with Crippen molar-refractivity contribution in [3.63, 3.8) is 0 Å². The molecule has 0 spiro atoms. The number of nitrogens with zero attached hydrogens (tertiary/aromatic N) is 1. The summed E-state index contributed by atoms with van der Waals surface area (Å²) in [5.74, 6) is -0.0690. The van der Waals surface area contributed by atoms with Gasteiger partial charge in [-0.2, -0.15) is 0 Å². The van der Waals surface area contributed by atoms with Crippen LogP contribution in [0.4, 0.5) is 0 Å². The fraction of sp³-hybridized carbons (Fsp3) is 0.100. The number of carbonyl (C=O) groups is 1. The molecule has 2 aromatic carbocycles. The predicted octanol–water partition coefficient (Wildman–Crippen LogP) is 4.54. The molecule has 3 nitrogen and oxygen atoms in total. The molecule has 3 rings (SSSR count). The van der Waals surface area contributed by atoms with Gasteiger partial charge in [0.15, 0.2) is 0 Å². The van der Waals surface area contributed by atoms with Crippen LogP contribution in [0.25, 0.3) is 12.2 Å². The van der Waals surface area contributed by atoms with Crippen LogP contribution in [0.5, 0.6) is 0 Å². The smallest absolute Gasteiger partial charge is 0.217 e. The van der Waals surface area contributed by atoms with Crippen LogP contribution in [0, 0.1) is 0 Å². The van der Waals surface area contributed by atoms with Gasteiger partial charge in [-0.1, -0.05) is 66.7 Å². The van der Waals surface area contributed by atoms with E-state index >= 15 is 0 Å². The molecule has 0 aliphatic heterocycles. The van der Waals surface area contributed by atoms with Crippen molar-refractivity contribution in [1.82, 2.24) is 10.3 Å². The number of hydrogen-bond donors (Lipinski definition) is 1. The van der Waals surface area contributed by atoms with Crippen molar-refractivity contribution in [2.45, 2.75) is 13.0 Å². The van der Waals surface area contributed by atoms with Crippen LogP contribution in [0.3, 0.4) is 0 Å². The number of carbonyl (C=O) groups excluding carboxylic acids is 1. The number of thiazole rings is 1. The molecule has 0 aliphatic rings. The number of aromatic nitrogens is 1. The molecule has 1 heterocycles. The van der Waals surface area contributed by atoms with Gasteiger partial charge in [-0.15, -0.1) is 11.3 Å². The van der Waals surface area contributed by atoms with Crippen molar-refractivity contribution < 1.29 is 4.79 Å². The van der Waals surface area contributed by atoms with E-state index in [0.717, 1.165) is 21.8 Å². The van der Waals surface area contributed by atoms with E-state index in [9.17, 15) is 4.79 Å². The maximum Gasteiger partial charge on any atom is 0.217 e. The maximum atomic E-state index is 11.6. The topological polar surface area (TPSA) is 42.0 Å². The Bertz CT molecular complexity index is 825. The quantitative estimate of drug-likeness (QED) is 0.744. The second kappa shape index (κ2) is 7.70. The lowest BCUT2D eigenvalue weighted by atomic mass is 10.1. The highest BCUT2D eigenvalue weighted by Crippen LogP contribution is 2.25. The van der Waals surface area contributed by atoms with Gasteiger partial charge >= 0.3 is 0 Å². The molecule has 1 N–H and O–H groups in total. The van der Waals surface area contributed by atoms with E-state index in [1.165, 1.54) is 6.92 Å². The molecule has 0 aliphatic carbocycles. The SMILES string of the molecule is CC(=O)NC(c1ccccc1)c1nc(/C=C/c2ccccc2)cs1. The highest BCUT2D eigenvalue weighted by atomic mass is 32.1. The van der Waals surface area contributed by atoms with Crippen molar-refractivity contribution in [3.05, 3.63) is 87.9 Å². The van der Waals surface area contributed by atoms with Crippen LogP contribution in [0.2, 0.25) is 0 Å². The van der Waals surface area contributed by atoms with Gasteiger partial charge in [0, 0.05) is 12.3 Å². The third-order valence-corrected chi connectivity index (χ3v) is 4.44. The lowest BCUT2D eigenvalue weighted by Gasteiger charge is -2.15. The summed E-state index contributed by atoms with van der Waals surface area (Å²) < 4.78 is 0. The van der Waals surface area contributed by atoms with Crippen LogP contribution in [0.15, 0.2) is 66.0 Å². The van der Waals surface area contributed by atoms with Crippen LogP contribution in [-0.2, 0) is 4.79 Å². The van der Waals surface area contributed by atoms with E-state index in [4.69, 9.17) is 0 Å². The zero-order chi connectivity index (χ0) is 16.8. The minimum absolute atomic E-state index is 0.0690. The first-order chi connectivity index (χ1) is 11.7. The molecule has 0 bridgehead atoms. The van der Waals surface area contributed by atoms with Crippen molar-refractivity contribution in [3.8, 4) is 0 Å². The summed E-state index contributed by atoms with van der Waals surface area (Å²) in [5, 5.41) is 5.87. The molecule has 24 heavy (non-hydrogen) atoms. The summed E-state index contributed by atoms with van der Waals surface area (Å²) in [5.41, 5.74) is 3.05. The summed E-state index contributed by atoms with van der Waals surface area (Å²) in [6.07, 6.45) is 4.03. The Balaban J connectivity index is 1.84. The van der Waals surface area contributed by atoms with Crippen molar-refractivity contribution in [2.24, 2.45) is 0 Å². The first kappa shape index (κ1) is 16.1. The molecule has 1 amide bonds. The zero-order valence-corrected chi connectivity index (χ0v) is 14.2. The van der Waals surface area contributed by atoms with E-state index in [1.54, 1.807) is 11.3 Å². The maximum absolute atomic E-state index is 11.6. The van der Waals surface area contributed by atoms with Crippen LogP contribution in [-0.4, -0.2) is 10.9 Å². The molecule has 120 valence electrons. The fourth-order valence-corrected chi connectivity index (χ4v) is 3.25. The number of nitrogens with one attached hydrogen (secondary N) is 1. The second-order valence-electron chi connectivity index (χ2n) is 5.40. The van der Waals surface area contributed by atoms with Gasteiger partial charge in [0.2, 0.25) is 5.91 Å². The molecule has 1 unspecified atom stereocenters. The standard InChI is InChI=1S/C20H18N2OS/c1-15(23)21-19(17-10-6-3-7-11-17)20-22-18(14-24-20)13-12-16-8-4-2-5-9-16/h2-14,19H,1H3,(H,21,23)/b13-12+. The van der Waals surface area contributed by atoms with Gasteiger partial charge in [0.1, 0.15) is 11.0 Å².